The van der Waals surface area contributed by atoms with E-state index in [4.69, 9.17) is 4.42 Å². The second-order valence-corrected chi connectivity index (χ2v) is 7.02. The van der Waals surface area contributed by atoms with E-state index < -0.39 is 0 Å². The number of carbonyl (C=O) groups excluding carboxylic acids is 1. The summed E-state index contributed by atoms with van der Waals surface area (Å²) in [6.07, 6.45) is 4.89. The maximum Gasteiger partial charge on any atom is 0.240 e. The van der Waals surface area contributed by atoms with E-state index in [-0.39, 0.29) is 18.3 Å². The van der Waals surface area contributed by atoms with E-state index in [0.717, 1.165) is 11.0 Å². The van der Waals surface area contributed by atoms with E-state index in [1.807, 2.05) is 0 Å². The van der Waals surface area contributed by atoms with Gasteiger partial charge < -0.3 is 14.3 Å². The lowest BCUT2D eigenvalue weighted by atomic mass is 10.2. The number of benzene rings is 1. The first-order valence-electron chi connectivity index (χ1n) is 8.66. The molecule has 0 aliphatic rings. The lowest BCUT2D eigenvalue weighted by Gasteiger charge is -2.09. The van der Waals surface area contributed by atoms with E-state index >= 15 is 0 Å². The van der Waals surface area contributed by atoms with Gasteiger partial charge in [0.2, 0.25) is 5.91 Å². The molecule has 0 saturated heterocycles. The van der Waals surface area contributed by atoms with Gasteiger partial charge in [-0.2, -0.15) is 0 Å². The monoisotopic (exact) mass is 396 g/mol. The van der Waals surface area contributed by atoms with Crippen molar-refractivity contribution in [2.45, 2.75) is 24.0 Å². The second-order valence-electron chi connectivity index (χ2n) is 6.08. The maximum absolute atomic E-state index is 13.9. The van der Waals surface area contributed by atoms with Crippen LogP contribution in [-0.2, 0) is 23.6 Å². The first-order chi connectivity index (χ1) is 13.7. The van der Waals surface area contributed by atoms with Crippen molar-refractivity contribution in [2.75, 3.05) is 0 Å². The maximum atomic E-state index is 13.9. The van der Waals surface area contributed by atoms with E-state index in [0.29, 0.717) is 28.8 Å². The Balaban J connectivity index is 1.53. The molecule has 4 rings (SSSR count). The van der Waals surface area contributed by atoms with E-state index in [1.54, 1.807) is 59.6 Å². The molecule has 6 nitrogen and oxygen atoms in total. The van der Waals surface area contributed by atoms with Crippen LogP contribution in [0.3, 0.4) is 0 Å². The number of imidazole rings is 1. The van der Waals surface area contributed by atoms with Crippen LogP contribution in [-0.4, -0.2) is 20.4 Å². The van der Waals surface area contributed by atoms with Gasteiger partial charge in [0.1, 0.15) is 18.1 Å². The third kappa shape index (κ3) is 4.07. The van der Waals surface area contributed by atoms with Crippen molar-refractivity contribution in [3.8, 4) is 0 Å². The fourth-order valence-corrected chi connectivity index (χ4v) is 3.77. The highest BCUT2D eigenvalue weighted by Gasteiger charge is 2.15. The van der Waals surface area contributed by atoms with Gasteiger partial charge in [0, 0.05) is 11.9 Å². The molecule has 0 saturated carbocycles. The first-order valence-corrected chi connectivity index (χ1v) is 9.65. The smallest absolute Gasteiger partial charge is 0.240 e. The van der Waals surface area contributed by atoms with Gasteiger partial charge in [-0.1, -0.05) is 30.0 Å². The zero-order valence-corrected chi connectivity index (χ0v) is 15.7. The molecular weight excluding hydrogens is 379 g/mol. The Labute approximate surface area is 164 Å². The number of amides is 1. The molecule has 0 unspecified atom stereocenters. The Kier molecular flexibility index (Phi) is 5.38. The SMILES string of the molecule is O=C(Cn1c(SCc2ccccc2F)nc2ccncc21)NCc1ccco1. The predicted octanol–water partition coefficient (Wildman–Crippen LogP) is 3.77. The average Bonchev–Trinajstić information content (AvgIpc) is 3.34. The van der Waals surface area contributed by atoms with Crippen LogP contribution < -0.4 is 5.32 Å². The molecule has 1 N–H and O–H groups in total. The molecule has 1 amide bonds. The summed E-state index contributed by atoms with van der Waals surface area (Å²) in [5.74, 6) is 0.666. The highest BCUT2D eigenvalue weighted by atomic mass is 32.2. The van der Waals surface area contributed by atoms with Crippen molar-refractivity contribution in [1.82, 2.24) is 19.9 Å². The Morgan fingerprint density at radius 2 is 2.11 bits per heavy atom. The molecule has 0 aliphatic heterocycles. The summed E-state index contributed by atoms with van der Waals surface area (Å²) < 4.78 is 20.9. The number of aromatic nitrogens is 3. The summed E-state index contributed by atoms with van der Waals surface area (Å²) in [7, 11) is 0. The van der Waals surface area contributed by atoms with Gasteiger partial charge in [0.05, 0.1) is 30.0 Å². The highest BCUT2D eigenvalue weighted by molar-refractivity contribution is 7.98. The summed E-state index contributed by atoms with van der Waals surface area (Å²) in [5.41, 5.74) is 2.09. The Bertz CT molecular complexity index is 1090. The van der Waals surface area contributed by atoms with Crippen LogP contribution in [0.4, 0.5) is 4.39 Å². The summed E-state index contributed by atoms with van der Waals surface area (Å²) in [5, 5.41) is 3.47. The number of nitrogens with zero attached hydrogens (tertiary/aromatic N) is 3. The van der Waals surface area contributed by atoms with Crippen molar-refractivity contribution in [2.24, 2.45) is 0 Å². The second kappa shape index (κ2) is 8.26. The molecule has 0 bridgehead atoms. The highest BCUT2D eigenvalue weighted by Crippen LogP contribution is 2.27. The first kappa shape index (κ1) is 18.2. The Morgan fingerprint density at radius 1 is 1.21 bits per heavy atom. The van der Waals surface area contributed by atoms with E-state index in [2.05, 4.69) is 15.3 Å². The molecule has 4 aromatic rings. The lowest BCUT2D eigenvalue weighted by Crippen LogP contribution is -2.27. The third-order valence-corrected chi connectivity index (χ3v) is 5.20. The normalized spacial score (nSPS) is 11.0. The number of pyridine rings is 1. The number of thioether (sulfide) groups is 1. The van der Waals surface area contributed by atoms with Crippen molar-refractivity contribution in [3.05, 3.63) is 78.3 Å². The minimum absolute atomic E-state index is 0.0858. The van der Waals surface area contributed by atoms with Crippen molar-refractivity contribution in [1.29, 1.82) is 0 Å². The zero-order chi connectivity index (χ0) is 19.3. The van der Waals surface area contributed by atoms with Crippen LogP contribution in [0, 0.1) is 5.82 Å². The van der Waals surface area contributed by atoms with E-state index in [1.165, 1.54) is 17.8 Å². The summed E-state index contributed by atoms with van der Waals surface area (Å²) in [6, 6.07) is 12.0. The largest absolute Gasteiger partial charge is 0.467 e. The molecule has 142 valence electrons. The Hall–Kier alpha value is -3.13. The molecular formula is C20H17FN4O2S. The molecule has 3 aromatic heterocycles. The number of nitrogens with one attached hydrogen (secondary N) is 1. The van der Waals surface area contributed by atoms with Crippen LogP contribution in [0.2, 0.25) is 0 Å². The van der Waals surface area contributed by atoms with Gasteiger partial charge in [0.25, 0.3) is 0 Å². The number of rotatable bonds is 7. The number of hydrogen-bond donors (Lipinski definition) is 1. The molecule has 0 spiro atoms. The molecule has 0 aliphatic carbocycles. The number of carbonyl (C=O) groups is 1. The predicted molar refractivity (Wildman–Crippen MR) is 104 cm³/mol. The standard InChI is InChI=1S/C20H17FN4O2S/c21-16-6-2-1-4-14(16)13-28-20-24-17-7-8-22-11-18(17)25(20)12-19(26)23-10-15-5-3-9-27-15/h1-9,11H,10,12-13H2,(H,23,26). The topological polar surface area (TPSA) is 73.0 Å². The fraction of sp³-hybridized carbons (Fsp3) is 0.150. The van der Waals surface area contributed by atoms with Gasteiger partial charge in [-0.05, 0) is 29.8 Å². The van der Waals surface area contributed by atoms with Gasteiger partial charge in [-0.3, -0.25) is 9.78 Å². The number of hydrogen-bond acceptors (Lipinski definition) is 5. The fourth-order valence-electron chi connectivity index (χ4n) is 2.77. The van der Waals surface area contributed by atoms with Gasteiger partial charge in [-0.25, -0.2) is 9.37 Å². The number of fused-ring (bicyclic) bond motifs is 1. The average molecular weight is 396 g/mol. The number of furan rings is 1. The molecule has 28 heavy (non-hydrogen) atoms. The van der Waals surface area contributed by atoms with Gasteiger partial charge in [-0.15, -0.1) is 0 Å². The summed E-state index contributed by atoms with van der Waals surface area (Å²) in [6.45, 7) is 0.400. The van der Waals surface area contributed by atoms with E-state index in [9.17, 15) is 9.18 Å². The Morgan fingerprint density at radius 3 is 2.93 bits per heavy atom. The van der Waals surface area contributed by atoms with Gasteiger partial charge in [0.15, 0.2) is 5.16 Å². The lowest BCUT2D eigenvalue weighted by molar-refractivity contribution is -0.122. The molecule has 0 atom stereocenters. The van der Waals surface area contributed by atoms with Crippen molar-refractivity contribution >= 4 is 28.7 Å². The van der Waals surface area contributed by atoms with Crippen LogP contribution in [0.1, 0.15) is 11.3 Å². The molecule has 1 aromatic carbocycles. The molecule has 3 heterocycles. The van der Waals surface area contributed by atoms with Crippen molar-refractivity contribution < 1.29 is 13.6 Å². The van der Waals surface area contributed by atoms with Gasteiger partial charge >= 0.3 is 0 Å². The summed E-state index contributed by atoms with van der Waals surface area (Å²) in [4.78, 5) is 21.2. The van der Waals surface area contributed by atoms with Crippen LogP contribution >= 0.6 is 11.8 Å². The zero-order valence-electron chi connectivity index (χ0n) is 14.8. The third-order valence-electron chi connectivity index (χ3n) is 4.17. The summed E-state index contributed by atoms with van der Waals surface area (Å²) >= 11 is 1.38. The molecule has 0 fully saturated rings. The minimum Gasteiger partial charge on any atom is -0.467 e. The molecule has 8 heteroatoms. The number of halogens is 1. The minimum atomic E-state index is -0.254. The van der Waals surface area contributed by atoms with Crippen LogP contribution in [0.25, 0.3) is 11.0 Å². The molecule has 0 radical (unpaired) electrons. The van der Waals surface area contributed by atoms with Crippen LogP contribution in [0.15, 0.2) is 70.7 Å². The quantitative estimate of drug-likeness (QED) is 0.482. The van der Waals surface area contributed by atoms with Crippen molar-refractivity contribution in [3.63, 3.8) is 0 Å². The van der Waals surface area contributed by atoms with Crippen LogP contribution in [0.5, 0.6) is 0 Å².